The number of hydrogen-bond acceptors (Lipinski definition) is 6. The first-order valence-corrected chi connectivity index (χ1v) is 9.60. The Labute approximate surface area is 166 Å². The van der Waals surface area contributed by atoms with Crippen molar-refractivity contribution < 1.29 is 4.79 Å². The average molecular weight is 390 g/mol. The lowest BCUT2D eigenvalue weighted by molar-refractivity contribution is 0.102. The molecule has 3 aromatic heterocycles. The number of carbonyl (C=O) groups excluding carboxylic acids is 1. The molecule has 8 heteroatoms. The number of amides is 1. The third-order valence-electron chi connectivity index (χ3n) is 4.37. The summed E-state index contributed by atoms with van der Waals surface area (Å²) in [7, 11) is 0. The molecule has 0 radical (unpaired) electrons. The molecule has 0 atom stereocenters. The van der Waals surface area contributed by atoms with Crippen LogP contribution >= 0.6 is 11.3 Å². The molecule has 3 heterocycles. The molecule has 0 unspecified atom stereocenters. The summed E-state index contributed by atoms with van der Waals surface area (Å²) in [6.45, 7) is 4.65. The molecule has 1 amide bonds. The number of hydrogen-bond donors (Lipinski definition) is 1. The van der Waals surface area contributed by atoms with Gasteiger partial charge in [-0.05, 0) is 42.7 Å². The molecule has 1 N–H and O–H groups in total. The number of carbonyl (C=O) groups is 1. The maximum Gasteiger partial charge on any atom is 0.279 e. The number of pyridine rings is 1. The van der Waals surface area contributed by atoms with E-state index >= 15 is 0 Å². The molecular formula is C20H18N6OS. The van der Waals surface area contributed by atoms with Crippen LogP contribution in [0.25, 0.3) is 11.3 Å². The standard InChI is InChI=1S/C20H18N6OS/c1-13-5-6-16(8-14(13)2)18-12-28-20(22-18)23-19(27)17-11-26(25-24-17)10-15-4-3-7-21-9-15/h3-9,11-12H,10H2,1-2H3,(H,22,23,27). The summed E-state index contributed by atoms with van der Waals surface area (Å²) in [5.74, 6) is -0.335. The largest absolute Gasteiger partial charge is 0.296 e. The number of benzene rings is 1. The Morgan fingerprint density at radius 2 is 2.11 bits per heavy atom. The lowest BCUT2D eigenvalue weighted by Crippen LogP contribution is -2.12. The Kier molecular flexibility index (Phi) is 4.94. The lowest BCUT2D eigenvalue weighted by atomic mass is 10.1. The highest BCUT2D eigenvalue weighted by atomic mass is 32.1. The van der Waals surface area contributed by atoms with Gasteiger partial charge in [-0.2, -0.15) is 0 Å². The molecule has 1 aromatic carbocycles. The topological polar surface area (TPSA) is 85.6 Å². The molecule has 0 aliphatic carbocycles. The van der Waals surface area contributed by atoms with Gasteiger partial charge in [0.2, 0.25) is 0 Å². The molecule has 0 fully saturated rings. The first kappa shape index (κ1) is 18.0. The van der Waals surface area contributed by atoms with Gasteiger partial charge >= 0.3 is 0 Å². The fraction of sp³-hybridized carbons (Fsp3) is 0.150. The van der Waals surface area contributed by atoms with Crippen molar-refractivity contribution in [3.63, 3.8) is 0 Å². The molecule has 0 saturated carbocycles. The molecular weight excluding hydrogens is 372 g/mol. The maximum absolute atomic E-state index is 12.5. The second-order valence-corrected chi connectivity index (χ2v) is 7.31. The Morgan fingerprint density at radius 3 is 2.89 bits per heavy atom. The van der Waals surface area contributed by atoms with Gasteiger partial charge in [-0.25, -0.2) is 9.67 Å². The number of aryl methyl sites for hydroxylation is 2. The first-order valence-electron chi connectivity index (χ1n) is 8.72. The minimum atomic E-state index is -0.335. The van der Waals surface area contributed by atoms with Crippen molar-refractivity contribution in [2.75, 3.05) is 5.32 Å². The van der Waals surface area contributed by atoms with E-state index in [0.29, 0.717) is 11.7 Å². The highest BCUT2D eigenvalue weighted by molar-refractivity contribution is 7.14. The number of thiazole rings is 1. The van der Waals surface area contributed by atoms with Crippen LogP contribution in [0, 0.1) is 13.8 Å². The second kappa shape index (κ2) is 7.69. The summed E-state index contributed by atoms with van der Waals surface area (Å²) >= 11 is 1.38. The first-order chi connectivity index (χ1) is 13.6. The summed E-state index contributed by atoms with van der Waals surface area (Å²) in [6.07, 6.45) is 5.08. The predicted molar refractivity (Wildman–Crippen MR) is 108 cm³/mol. The third kappa shape index (κ3) is 3.96. The van der Waals surface area contributed by atoms with Gasteiger partial charge in [-0.3, -0.25) is 15.1 Å². The predicted octanol–water partition coefficient (Wildman–Crippen LogP) is 3.71. The van der Waals surface area contributed by atoms with Gasteiger partial charge in [0.15, 0.2) is 10.8 Å². The number of rotatable bonds is 5. The Hall–Kier alpha value is -3.39. The van der Waals surface area contributed by atoms with E-state index < -0.39 is 0 Å². The molecule has 0 aliphatic rings. The van der Waals surface area contributed by atoms with E-state index in [1.165, 1.54) is 22.5 Å². The van der Waals surface area contributed by atoms with Crippen LogP contribution in [0.2, 0.25) is 0 Å². The van der Waals surface area contributed by atoms with E-state index in [-0.39, 0.29) is 11.6 Å². The molecule has 4 aromatic rings. The lowest BCUT2D eigenvalue weighted by Gasteiger charge is -2.02. The van der Waals surface area contributed by atoms with Crippen LogP contribution in [0.4, 0.5) is 5.13 Å². The SMILES string of the molecule is Cc1ccc(-c2csc(NC(=O)c3cn(Cc4cccnc4)nn3)n2)cc1C. The van der Waals surface area contributed by atoms with E-state index in [1.54, 1.807) is 23.3 Å². The second-order valence-electron chi connectivity index (χ2n) is 6.45. The monoisotopic (exact) mass is 390 g/mol. The van der Waals surface area contributed by atoms with Gasteiger partial charge < -0.3 is 0 Å². The van der Waals surface area contributed by atoms with Crippen molar-refractivity contribution in [2.24, 2.45) is 0 Å². The van der Waals surface area contributed by atoms with E-state index in [0.717, 1.165) is 16.8 Å². The summed E-state index contributed by atoms with van der Waals surface area (Å²) in [5, 5.41) is 13.2. The minimum absolute atomic E-state index is 0.242. The number of anilines is 1. The normalized spacial score (nSPS) is 10.8. The van der Waals surface area contributed by atoms with Gasteiger partial charge in [0.05, 0.1) is 18.4 Å². The maximum atomic E-state index is 12.5. The van der Waals surface area contributed by atoms with Crippen molar-refractivity contribution in [3.8, 4) is 11.3 Å². The van der Waals surface area contributed by atoms with Crippen molar-refractivity contribution >= 4 is 22.4 Å². The van der Waals surface area contributed by atoms with Crippen LogP contribution in [0.3, 0.4) is 0 Å². The van der Waals surface area contributed by atoms with E-state index in [4.69, 9.17) is 0 Å². The summed E-state index contributed by atoms with van der Waals surface area (Å²) in [4.78, 5) is 21.0. The van der Waals surface area contributed by atoms with Crippen LogP contribution in [-0.2, 0) is 6.54 Å². The minimum Gasteiger partial charge on any atom is -0.296 e. The molecule has 0 bridgehead atoms. The van der Waals surface area contributed by atoms with Gasteiger partial charge in [-0.15, -0.1) is 16.4 Å². The summed E-state index contributed by atoms with van der Waals surface area (Å²) in [6, 6.07) is 10.0. The fourth-order valence-corrected chi connectivity index (χ4v) is 3.40. The fourth-order valence-electron chi connectivity index (χ4n) is 2.68. The molecule has 0 spiro atoms. The number of aromatic nitrogens is 5. The zero-order valence-electron chi connectivity index (χ0n) is 15.5. The molecule has 28 heavy (non-hydrogen) atoms. The third-order valence-corrected chi connectivity index (χ3v) is 5.12. The van der Waals surface area contributed by atoms with Crippen LogP contribution < -0.4 is 5.32 Å². The smallest absolute Gasteiger partial charge is 0.279 e. The highest BCUT2D eigenvalue weighted by Gasteiger charge is 2.14. The number of nitrogens with zero attached hydrogens (tertiary/aromatic N) is 5. The van der Waals surface area contributed by atoms with E-state index in [2.05, 4.69) is 51.6 Å². The highest BCUT2D eigenvalue weighted by Crippen LogP contribution is 2.26. The molecule has 0 aliphatic heterocycles. The van der Waals surface area contributed by atoms with Crippen LogP contribution in [0.5, 0.6) is 0 Å². The van der Waals surface area contributed by atoms with Crippen molar-refractivity contribution in [2.45, 2.75) is 20.4 Å². The van der Waals surface area contributed by atoms with Crippen molar-refractivity contribution in [1.29, 1.82) is 0 Å². The van der Waals surface area contributed by atoms with Crippen molar-refractivity contribution in [3.05, 3.63) is 76.7 Å². The molecule has 7 nitrogen and oxygen atoms in total. The van der Waals surface area contributed by atoms with E-state index in [1.807, 2.05) is 23.6 Å². The van der Waals surface area contributed by atoms with Gasteiger partial charge in [-0.1, -0.05) is 23.4 Å². The summed E-state index contributed by atoms with van der Waals surface area (Å²) < 4.78 is 1.61. The zero-order chi connectivity index (χ0) is 19.5. The quantitative estimate of drug-likeness (QED) is 0.561. The van der Waals surface area contributed by atoms with Crippen molar-refractivity contribution in [1.82, 2.24) is 25.0 Å². The Morgan fingerprint density at radius 1 is 1.21 bits per heavy atom. The van der Waals surface area contributed by atoms with Crippen LogP contribution in [-0.4, -0.2) is 30.9 Å². The van der Waals surface area contributed by atoms with Crippen LogP contribution in [0.1, 0.15) is 27.2 Å². The van der Waals surface area contributed by atoms with Gasteiger partial charge in [0.1, 0.15) is 0 Å². The number of nitrogens with one attached hydrogen (secondary N) is 1. The van der Waals surface area contributed by atoms with Crippen LogP contribution in [0.15, 0.2) is 54.3 Å². The Bertz CT molecular complexity index is 1120. The van der Waals surface area contributed by atoms with Gasteiger partial charge in [0.25, 0.3) is 5.91 Å². The Balaban J connectivity index is 1.44. The molecule has 140 valence electrons. The molecule has 4 rings (SSSR count). The van der Waals surface area contributed by atoms with Gasteiger partial charge in [0, 0.05) is 23.3 Å². The summed E-state index contributed by atoms with van der Waals surface area (Å²) in [5.41, 5.74) is 5.54. The zero-order valence-corrected chi connectivity index (χ0v) is 16.3. The average Bonchev–Trinajstić information content (AvgIpc) is 3.35. The van der Waals surface area contributed by atoms with E-state index in [9.17, 15) is 4.79 Å². The molecule has 0 saturated heterocycles.